The summed E-state index contributed by atoms with van der Waals surface area (Å²) in [5, 5.41) is 0. The van der Waals surface area contributed by atoms with Gasteiger partial charge in [-0.1, -0.05) is 26.7 Å². The maximum atomic E-state index is 12.1. The van der Waals surface area contributed by atoms with E-state index in [2.05, 4.69) is 25.8 Å². The molecule has 0 aromatic heterocycles. The Hall–Kier alpha value is -0.370. The molecule has 98 valence electrons. The summed E-state index contributed by atoms with van der Waals surface area (Å²) >= 11 is 0. The van der Waals surface area contributed by atoms with Crippen molar-refractivity contribution in [1.29, 1.82) is 0 Å². The Kier molecular flexibility index (Phi) is 4.24. The number of hydrogen-bond acceptors (Lipinski definition) is 2. The van der Waals surface area contributed by atoms with Crippen LogP contribution in [0.25, 0.3) is 0 Å². The molecular formula is C15H27NO. The summed E-state index contributed by atoms with van der Waals surface area (Å²) in [4.78, 5) is 14.6. The Labute approximate surface area is 106 Å². The molecule has 0 saturated heterocycles. The second-order valence-corrected chi connectivity index (χ2v) is 6.47. The van der Waals surface area contributed by atoms with E-state index in [9.17, 15) is 4.79 Å². The first-order chi connectivity index (χ1) is 8.08. The van der Waals surface area contributed by atoms with Crippen molar-refractivity contribution >= 4 is 5.78 Å². The molecule has 2 aliphatic rings. The average molecular weight is 237 g/mol. The fourth-order valence-corrected chi connectivity index (χ4v) is 3.78. The third-order valence-electron chi connectivity index (χ3n) is 4.86. The lowest BCUT2D eigenvalue weighted by Crippen LogP contribution is -2.41. The topological polar surface area (TPSA) is 20.3 Å². The molecule has 3 unspecified atom stereocenters. The van der Waals surface area contributed by atoms with Crippen LogP contribution < -0.4 is 0 Å². The molecule has 2 nitrogen and oxygen atoms in total. The molecule has 0 heterocycles. The monoisotopic (exact) mass is 237 g/mol. The van der Waals surface area contributed by atoms with Gasteiger partial charge in [0.25, 0.3) is 0 Å². The third kappa shape index (κ3) is 3.09. The van der Waals surface area contributed by atoms with E-state index < -0.39 is 0 Å². The third-order valence-corrected chi connectivity index (χ3v) is 4.86. The first-order valence-corrected chi connectivity index (χ1v) is 7.31. The van der Waals surface area contributed by atoms with Gasteiger partial charge in [0.05, 0.1) is 0 Å². The summed E-state index contributed by atoms with van der Waals surface area (Å²) < 4.78 is 0. The molecule has 2 aliphatic carbocycles. The summed E-state index contributed by atoms with van der Waals surface area (Å²) in [6.07, 6.45) is 7.47. The Morgan fingerprint density at radius 3 is 2.47 bits per heavy atom. The van der Waals surface area contributed by atoms with Gasteiger partial charge in [0.1, 0.15) is 5.78 Å². The van der Waals surface area contributed by atoms with Crippen LogP contribution in [-0.2, 0) is 4.79 Å². The van der Waals surface area contributed by atoms with E-state index in [0.717, 1.165) is 19.0 Å². The van der Waals surface area contributed by atoms with Crippen LogP contribution in [0.4, 0.5) is 0 Å². The molecule has 0 spiro atoms. The van der Waals surface area contributed by atoms with E-state index in [1.165, 1.54) is 32.1 Å². The van der Waals surface area contributed by atoms with Gasteiger partial charge in [0.2, 0.25) is 0 Å². The largest absolute Gasteiger partial charge is 0.303 e. The van der Waals surface area contributed by atoms with E-state index in [1.807, 2.05) is 0 Å². The summed E-state index contributed by atoms with van der Waals surface area (Å²) in [7, 11) is 2.22. The average Bonchev–Trinajstić information content (AvgIpc) is 2.76. The zero-order valence-corrected chi connectivity index (χ0v) is 11.6. The summed E-state index contributed by atoms with van der Waals surface area (Å²) in [5.41, 5.74) is 0. The molecule has 0 aromatic carbocycles. The predicted octanol–water partition coefficient (Wildman–Crippen LogP) is 3.11. The van der Waals surface area contributed by atoms with Crippen molar-refractivity contribution in [2.75, 3.05) is 13.6 Å². The van der Waals surface area contributed by atoms with Crippen LogP contribution in [0.1, 0.15) is 52.4 Å². The molecule has 0 N–H and O–H groups in total. The van der Waals surface area contributed by atoms with Gasteiger partial charge < -0.3 is 4.90 Å². The molecular weight excluding hydrogens is 210 g/mol. The van der Waals surface area contributed by atoms with Crippen molar-refractivity contribution in [1.82, 2.24) is 4.90 Å². The first-order valence-electron chi connectivity index (χ1n) is 7.31. The normalized spacial score (nSPS) is 35.8. The molecule has 17 heavy (non-hydrogen) atoms. The first kappa shape index (κ1) is 13.1. The van der Waals surface area contributed by atoms with Crippen LogP contribution in [0, 0.1) is 17.8 Å². The minimum absolute atomic E-state index is 0.303. The number of nitrogens with zero attached hydrogens (tertiary/aromatic N) is 1. The Bertz CT molecular complexity index is 270. The number of Topliss-reactive ketones (excluding diaryl/α,β-unsaturated/α-hetero) is 1. The highest BCUT2D eigenvalue weighted by molar-refractivity contribution is 5.82. The second kappa shape index (κ2) is 5.51. The van der Waals surface area contributed by atoms with E-state index in [-0.39, 0.29) is 0 Å². The zero-order valence-electron chi connectivity index (χ0n) is 11.6. The molecule has 0 amide bonds. The van der Waals surface area contributed by atoms with E-state index >= 15 is 0 Å². The maximum absolute atomic E-state index is 12.1. The highest BCUT2D eigenvalue weighted by Gasteiger charge is 2.34. The number of carbonyl (C=O) groups is 1. The Balaban J connectivity index is 1.90. The van der Waals surface area contributed by atoms with Crippen molar-refractivity contribution in [3.05, 3.63) is 0 Å². The Morgan fingerprint density at radius 2 is 1.88 bits per heavy atom. The minimum atomic E-state index is 0.303. The van der Waals surface area contributed by atoms with Crippen molar-refractivity contribution in [3.63, 3.8) is 0 Å². The van der Waals surface area contributed by atoms with Gasteiger partial charge in [-0.25, -0.2) is 0 Å². The van der Waals surface area contributed by atoms with Gasteiger partial charge in [-0.15, -0.1) is 0 Å². The number of rotatable bonds is 3. The molecule has 0 aromatic rings. The molecule has 2 fully saturated rings. The molecule has 2 rings (SSSR count). The van der Waals surface area contributed by atoms with E-state index in [4.69, 9.17) is 0 Å². The van der Waals surface area contributed by atoms with Gasteiger partial charge in [-0.3, -0.25) is 4.79 Å². The molecule has 0 bridgehead atoms. The smallest absolute Gasteiger partial charge is 0.137 e. The fourth-order valence-electron chi connectivity index (χ4n) is 3.78. The number of ketones is 1. The molecule has 0 aliphatic heterocycles. The van der Waals surface area contributed by atoms with Crippen LogP contribution in [0.5, 0.6) is 0 Å². The van der Waals surface area contributed by atoms with Crippen molar-refractivity contribution in [2.45, 2.75) is 58.4 Å². The van der Waals surface area contributed by atoms with Gasteiger partial charge in [-0.05, 0) is 38.1 Å². The standard InChI is InChI=1S/C15H27NO/c1-11-8-12(2)14(15(17)9-11)10-16(3)13-6-4-5-7-13/h11-14H,4-10H2,1-3H3. The minimum Gasteiger partial charge on any atom is -0.303 e. The quantitative estimate of drug-likeness (QED) is 0.751. The van der Waals surface area contributed by atoms with Gasteiger partial charge in [-0.2, -0.15) is 0 Å². The molecule has 2 heteroatoms. The summed E-state index contributed by atoms with van der Waals surface area (Å²) in [5.74, 6) is 2.00. The molecule has 2 saturated carbocycles. The Morgan fingerprint density at radius 1 is 1.24 bits per heavy atom. The van der Waals surface area contributed by atoms with Gasteiger partial charge >= 0.3 is 0 Å². The van der Waals surface area contributed by atoms with Gasteiger partial charge in [0.15, 0.2) is 0 Å². The van der Waals surface area contributed by atoms with Crippen LogP contribution in [-0.4, -0.2) is 30.3 Å². The van der Waals surface area contributed by atoms with Crippen LogP contribution in [0.3, 0.4) is 0 Å². The van der Waals surface area contributed by atoms with Crippen LogP contribution >= 0.6 is 0 Å². The molecule has 0 radical (unpaired) electrons. The van der Waals surface area contributed by atoms with Crippen molar-refractivity contribution in [2.24, 2.45) is 17.8 Å². The fraction of sp³-hybridized carbons (Fsp3) is 0.933. The number of carbonyl (C=O) groups excluding carboxylic acids is 1. The predicted molar refractivity (Wildman–Crippen MR) is 70.9 cm³/mol. The van der Waals surface area contributed by atoms with Crippen LogP contribution in [0.15, 0.2) is 0 Å². The lowest BCUT2D eigenvalue weighted by Gasteiger charge is -2.35. The van der Waals surface area contributed by atoms with Crippen molar-refractivity contribution in [3.8, 4) is 0 Å². The SMILES string of the molecule is CC1CC(=O)C(CN(C)C2CCCC2)C(C)C1. The highest BCUT2D eigenvalue weighted by atomic mass is 16.1. The number of hydrogen-bond donors (Lipinski definition) is 0. The molecule has 3 atom stereocenters. The highest BCUT2D eigenvalue weighted by Crippen LogP contribution is 2.32. The lowest BCUT2D eigenvalue weighted by molar-refractivity contribution is -0.128. The second-order valence-electron chi connectivity index (χ2n) is 6.47. The van der Waals surface area contributed by atoms with E-state index in [0.29, 0.717) is 23.5 Å². The maximum Gasteiger partial charge on any atom is 0.137 e. The summed E-state index contributed by atoms with van der Waals surface area (Å²) in [6, 6.07) is 0.745. The van der Waals surface area contributed by atoms with Crippen molar-refractivity contribution < 1.29 is 4.79 Å². The zero-order chi connectivity index (χ0) is 12.4. The van der Waals surface area contributed by atoms with Gasteiger partial charge in [0, 0.05) is 24.9 Å². The van der Waals surface area contributed by atoms with Crippen LogP contribution in [0.2, 0.25) is 0 Å². The summed E-state index contributed by atoms with van der Waals surface area (Å²) in [6.45, 7) is 5.48. The van der Waals surface area contributed by atoms with E-state index in [1.54, 1.807) is 0 Å². The lowest BCUT2D eigenvalue weighted by atomic mass is 9.74.